The summed E-state index contributed by atoms with van der Waals surface area (Å²) in [5, 5.41) is 4.48. The molecule has 2 aromatic heterocycles. The second kappa shape index (κ2) is 14.6. The third kappa shape index (κ3) is 6.36. The van der Waals surface area contributed by atoms with Crippen LogP contribution in [0.4, 0.5) is 0 Å². The maximum Gasteiger partial charge on any atom is 0.160 e. The Hall–Kier alpha value is -7.88. The molecule has 0 bridgehead atoms. The van der Waals surface area contributed by atoms with Gasteiger partial charge in [0.1, 0.15) is 11.2 Å². The quantitative estimate of drug-likeness (QED) is 0.163. The average molecular weight is 753 g/mol. The first-order valence-electron chi connectivity index (χ1n) is 20.0. The van der Waals surface area contributed by atoms with E-state index in [1.165, 1.54) is 22.3 Å². The van der Waals surface area contributed by atoms with Crippen LogP contribution >= 0.6 is 0 Å². The van der Waals surface area contributed by atoms with Crippen molar-refractivity contribution >= 4 is 32.7 Å². The lowest BCUT2D eigenvalue weighted by atomic mass is 9.92. The minimum Gasteiger partial charge on any atom is -0.455 e. The lowest BCUT2D eigenvalue weighted by Crippen LogP contribution is -1.95. The van der Waals surface area contributed by atoms with Gasteiger partial charge in [-0.15, -0.1) is 0 Å². The molecule has 0 atom stereocenters. The highest BCUT2D eigenvalue weighted by atomic mass is 16.3. The second-order valence-electron chi connectivity index (χ2n) is 14.9. The minimum absolute atomic E-state index is 0.710. The van der Waals surface area contributed by atoms with Crippen LogP contribution in [0.3, 0.4) is 0 Å². The van der Waals surface area contributed by atoms with E-state index in [0.29, 0.717) is 5.82 Å². The molecule has 3 heteroatoms. The molecule has 276 valence electrons. The van der Waals surface area contributed by atoms with Gasteiger partial charge in [-0.05, 0) is 80.2 Å². The van der Waals surface area contributed by atoms with Crippen molar-refractivity contribution in [2.24, 2.45) is 0 Å². The molecule has 0 aliphatic carbocycles. The molecule has 11 aromatic rings. The molecule has 9 aromatic carbocycles. The lowest BCUT2D eigenvalue weighted by Gasteiger charge is -2.12. The monoisotopic (exact) mass is 752 g/mol. The van der Waals surface area contributed by atoms with Gasteiger partial charge in [-0.3, -0.25) is 0 Å². The summed E-state index contributed by atoms with van der Waals surface area (Å²) in [5.41, 5.74) is 16.0. The van der Waals surface area contributed by atoms with E-state index in [0.717, 1.165) is 83.0 Å². The summed E-state index contributed by atoms with van der Waals surface area (Å²) in [6.07, 6.45) is 0. The van der Waals surface area contributed by atoms with Gasteiger partial charge in [-0.1, -0.05) is 188 Å². The predicted octanol–water partition coefficient (Wildman–Crippen LogP) is 15.2. The fraction of sp³-hybridized carbons (Fsp3) is 0. The predicted molar refractivity (Wildman–Crippen MR) is 245 cm³/mol. The van der Waals surface area contributed by atoms with Gasteiger partial charge in [-0.25, -0.2) is 9.97 Å². The first-order chi connectivity index (χ1) is 29.2. The van der Waals surface area contributed by atoms with Crippen molar-refractivity contribution in [3.8, 4) is 78.4 Å². The summed E-state index contributed by atoms with van der Waals surface area (Å²) in [5.74, 6) is 0.710. The van der Waals surface area contributed by atoms with Crippen LogP contribution in [0.25, 0.3) is 111 Å². The second-order valence-corrected chi connectivity index (χ2v) is 14.9. The minimum atomic E-state index is 0.710. The fourth-order valence-corrected chi connectivity index (χ4v) is 8.38. The maximum absolute atomic E-state index is 6.76. The zero-order valence-corrected chi connectivity index (χ0v) is 32.1. The van der Waals surface area contributed by atoms with E-state index in [-0.39, 0.29) is 0 Å². The smallest absolute Gasteiger partial charge is 0.160 e. The third-order valence-electron chi connectivity index (χ3n) is 11.3. The molecule has 0 aliphatic rings. The van der Waals surface area contributed by atoms with E-state index >= 15 is 0 Å². The molecule has 0 fully saturated rings. The Balaban J connectivity index is 0.970. The highest BCUT2D eigenvalue weighted by Gasteiger charge is 2.17. The lowest BCUT2D eigenvalue weighted by molar-refractivity contribution is 0.673. The van der Waals surface area contributed by atoms with Gasteiger partial charge in [0.15, 0.2) is 5.82 Å². The highest BCUT2D eigenvalue weighted by Crippen LogP contribution is 2.42. The van der Waals surface area contributed by atoms with Crippen molar-refractivity contribution in [3.05, 3.63) is 218 Å². The average Bonchev–Trinajstić information content (AvgIpc) is 3.70. The molecule has 3 nitrogen and oxygen atoms in total. The Morgan fingerprint density at radius 1 is 0.271 bits per heavy atom. The van der Waals surface area contributed by atoms with Crippen molar-refractivity contribution in [2.75, 3.05) is 0 Å². The van der Waals surface area contributed by atoms with E-state index in [1.54, 1.807) is 0 Å². The van der Waals surface area contributed by atoms with Gasteiger partial charge >= 0.3 is 0 Å². The highest BCUT2D eigenvalue weighted by molar-refractivity contribution is 6.19. The van der Waals surface area contributed by atoms with Gasteiger partial charge in [0.25, 0.3) is 0 Å². The largest absolute Gasteiger partial charge is 0.455 e. The van der Waals surface area contributed by atoms with Crippen molar-refractivity contribution < 1.29 is 4.42 Å². The van der Waals surface area contributed by atoms with Crippen LogP contribution in [0.5, 0.6) is 0 Å². The van der Waals surface area contributed by atoms with E-state index in [4.69, 9.17) is 14.4 Å². The van der Waals surface area contributed by atoms with Gasteiger partial charge in [0.05, 0.1) is 11.4 Å². The van der Waals surface area contributed by atoms with Crippen molar-refractivity contribution in [1.29, 1.82) is 0 Å². The summed E-state index contributed by atoms with van der Waals surface area (Å²) in [6.45, 7) is 0. The van der Waals surface area contributed by atoms with Crippen LogP contribution in [0.1, 0.15) is 0 Å². The number of rotatable bonds is 7. The van der Waals surface area contributed by atoms with Crippen LogP contribution in [0, 0.1) is 0 Å². The Morgan fingerprint density at radius 2 is 0.780 bits per heavy atom. The zero-order valence-electron chi connectivity index (χ0n) is 32.1. The Labute approximate surface area is 342 Å². The molecule has 0 N–H and O–H groups in total. The third-order valence-corrected chi connectivity index (χ3v) is 11.3. The van der Waals surface area contributed by atoms with E-state index in [1.807, 2.05) is 36.4 Å². The summed E-state index contributed by atoms with van der Waals surface area (Å²) in [7, 11) is 0. The summed E-state index contributed by atoms with van der Waals surface area (Å²) in [4.78, 5) is 10.0. The zero-order chi connectivity index (χ0) is 39.1. The van der Waals surface area contributed by atoms with E-state index in [2.05, 4.69) is 182 Å². The van der Waals surface area contributed by atoms with E-state index in [9.17, 15) is 0 Å². The van der Waals surface area contributed by atoms with Crippen LogP contribution in [0.15, 0.2) is 223 Å². The van der Waals surface area contributed by atoms with Gasteiger partial charge in [0, 0.05) is 32.8 Å². The number of benzene rings is 9. The molecule has 59 heavy (non-hydrogen) atoms. The summed E-state index contributed by atoms with van der Waals surface area (Å²) in [6, 6.07) is 76.9. The van der Waals surface area contributed by atoms with E-state index < -0.39 is 0 Å². The topological polar surface area (TPSA) is 38.9 Å². The SMILES string of the molecule is c1ccc(-c2cc(-c3ccc(-c4cccc(-c5cc6c7ccc(-c8ccccc8-c8ccccc8)cc7oc6c6ccccc56)c4)cc3)nc(-c3ccccc3)n2)cc1. The number of hydrogen-bond donors (Lipinski definition) is 0. The molecular formula is C56H36N2O. The molecular weight excluding hydrogens is 717 g/mol. The molecule has 0 saturated heterocycles. The fourth-order valence-electron chi connectivity index (χ4n) is 8.38. The molecule has 0 amide bonds. The first kappa shape index (κ1) is 34.4. The number of nitrogens with zero attached hydrogens (tertiary/aromatic N) is 2. The van der Waals surface area contributed by atoms with Crippen LogP contribution in [-0.2, 0) is 0 Å². The van der Waals surface area contributed by atoms with Gasteiger partial charge in [0.2, 0.25) is 0 Å². The molecule has 2 heterocycles. The Bertz CT molecular complexity index is 3240. The number of fused-ring (bicyclic) bond motifs is 5. The van der Waals surface area contributed by atoms with Gasteiger partial charge < -0.3 is 4.42 Å². The van der Waals surface area contributed by atoms with Crippen molar-refractivity contribution in [1.82, 2.24) is 9.97 Å². The standard InChI is InChI=1S/C56H36N2O/c1-4-15-38(16-5-1)45-23-10-11-24-46(45)44-31-32-48-51-35-50(47-25-12-13-26-49(47)55(51)59-54(48)34-44)43-22-14-21-42(33-43)37-27-29-40(30-28-37)53-36-52(39-17-6-2-7-18-39)57-56(58-53)41-19-8-3-9-20-41/h1-36H. The molecule has 0 saturated carbocycles. The number of aromatic nitrogens is 2. The first-order valence-corrected chi connectivity index (χ1v) is 20.0. The molecule has 0 spiro atoms. The number of hydrogen-bond acceptors (Lipinski definition) is 3. The molecule has 11 rings (SSSR count). The van der Waals surface area contributed by atoms with Crippen molar-refractivity contribution in [3.63, 3.8) is 0 Å². The molecule has 0 unspecified atom stereocenters. The number of furan rings is 1. The van der Waals surface area contributed by atoms with Crippen LogP contribution < -0.4 is 0 Å². The van der Waals surface area contributed by atoms with Crippen molar-refractivity contribution in [2.45, 2.75) is 0 Å². The van der Waals surface area contributed by atoms with Gasteiger partial charge in [-0.2, -0.15) is 0 Å². The maximum atomic E-state index is 6.76. The van der Waals surface area contributed by atoms with Crippen LogP contribution in [-0.4, -0.2) is 9.97 Å². The Kier molecular flexibility index (Phi) is 8.49. The summed E-state index contributed by atoms with van der Waals surface area (Å²) >= 11 is 0. The molecule has 0 aliphatic heterocycles. The Morgan fingerprint density at radius 3 is 1.49 bits per heavy atom. The van der Waals surface area contributed by atoms with Crippen LogP contribution in [0.2, 0.25) is 0 Å². The normalized spacial score (nSPS) is 11.4. The summed E-state index contributed by atoms with van der Waals surface area (Å²) < 4.78 is 6.76. The molecule has 0 radical (unpaired) electrons.